The fraction of sp³-hybridized carbons (Fsp3) is 0.818. The quantitative estimate of drug-likeness (QED) is 0.618. The van der Waals surface area contributed by atoms with Gasteiger partial charge in [-0.05, 0) is 18.8 Å². The van der Waals surface area contributed by atoms with Crippen LogP contribution in [0.15, 0.2) is 0 Å². The third-order valence-electron chi connectivity index (χ3n) is 3.13. The summed E-state index contributed by atoms with van der Waals surface area (Å²) in [4.78, 5) is 22.4. The summed E-state index contributed by atoms with van der Waals surface area (Å²) in [6.45, 7) is 0. The molecule has 5 heteroatoms. The number of alkyl halides is 1. The Hall–Kier alpha value is -0.580. The molecule has 1 atom stereocenters. The zero-order chi connectivity index (χ0) is 12.0. The number of Topliss-reactive ketones (excluding diaryl/α,β-unsaturated/α-hetero) is 1. The van der Waals surface area contributed by atoms with E-state index in [1.165, 1.54) is 12.8 Å². The summed E-state index contributed by atoms with van der Waals surface area (Å²) in [5.74, 6) is 0.109. The largest absolute Gasteiger partial charge is 0.465 e. The van der Waals surface area contributed by atoms with Gasteiger partial charge in [-0.15, -0.1) is 0 Å². The number of rotatable bonds is 4. The topological polar surface area (TPSA) is 66.4 Å². The number of halogens is 1. The normalized spacial score (nSPS) is 19.8. The van der Waals surface area contributed by atoms with Crippen molar-refractivity contribution in [1.82, 2.24) is 5.32 Å². The van der Waals surface area contributed by atoms with E-state index in [9.17, 15) is 9.59 Å². The third-order valence-corrected chi connectivity index (χ3v) is 3.68. The highest BCUT2D eigenvalue weighted by molar-refractivity contribution is 9.09. The van der Waals surface area contributed by atoms with Crippen LogP contribution in [-0.4, -0.2) is 28.4 Å². The van der Waals surface area contributed by atoms with Crippen molar-refractivity contribution in [3.05, 3.63) is 0 Å². The first kappa shape index (κ1) is 13.5. The summed E-state index contributed by atoms with van der Waals surface area (Å²) in [6, 6.07) is -0.532. The minimum absolute atomic E-state index is 0.0608. The smallest absolute Gasteiger partial charge is 0.405 e. The lowest BCUT2D eigenvalue weighted by molar-refractivity contribution is -0.119. The fourth-order valence-corrected chi connectivity index (χ4v) is 2.67. The average Bonchev–Trinajstić information content (AvgIpc) is 2.53. The van der Waals surface area contributed by atoms with Crippen LogP contribution >= 0.6 is 15.9 Å². The van der Waals surface area contributed by atoms with Crippen LogP contribution in [0.25, 0.3) is 0 Å². The summed E-state index contributed by atoms with van der Waals surface area (Å²) in [5, 5.41) is 11.3. The van der Waals surface area contributed by atoms with Gasteiger partial charge in [-0.1, -0.05) is 41.6 Å². The summed E-state index contributed by atoms with van der Waals surface area (Å²) in [5.41, 5.74) is 0. The third kappa shape index (κ3) is 4.12. The predicted molar refractivity (Wildman–Crippen MR) is 64.9 cm³/mol. The van der Waals surface area contributed by atoms with Crippen LogP contribution in [0.1, 0.15) is 38.5 Å². The first-order valence-corrected chi connectivity index (χ1v) is 6.85. The van der Waals surface area contributed by atoms with Gasteiger partial charge in [0, 0.05) is 0 Å². The number of carbonyl (C=O) groups excluding carboxylic acids is 1. The van der Waals surface area contributed by atoms with E-state index in [1.807, 2.05) is 0 Å². The van der Waals surface area contributed by atoms with Crippen molar-refractivity contribution < 1.29 is 14.7 Å². The van der Waals surface area contributed by atoms with Crippen molar-refractivity contribution in [3.63, 3.8) is 0 Å². The SMILES string of the molecule is O=C(O)N[C@H](C(=O)CBr)C1CCCCCC1. The zero-order valence-corrected chi connectivity index (χ0v) is 10.8. The maximum absolute atomic E-state index is 11.7. The number of hydrogen-bond donors (Lipinski definition) is 2. The maximum Gasteiger partial charge on any atom is 0.405 e. The van der Waals surface area contributed by atoms with E-state index < -0.39 is 12.1 Å². The van der Waals surface area contributed by atoms with Gasteiger partial charge in [-0.25, -0.2) is 4.79 Å². The molecule has 1 fully saturated rings. The van der Waals surface area contributed by atoms with E-state index >= 15 is 0 Å². The average molecular weight is 292 g/mol. The molecule has 0 aromatic carbocycles. The van der Waals surface area contributed by atoms with Crippen molar-refractivity contribution in [2.75, 3.05) is 5.33 Å². The molecular formula is C11H18BrNO3. The van der Waals surface area contributed by atoms with Crippen LogP contribution in [-0.2, 0) is 4.79 Å². The van der Waals surface area contributed by atoms with Gasteiger partial charge in [0.15, 0.2) is 5.78 Å². The van der Waals surface area contributed by atoms with Gasteiger partial charge in [0.1, 0.15) is 0 Å². The van der Waals surface area contributed by atoms with Gasteiger partial charge in [-0.2, -0.15) is 0 Å². The van der Waals surface area contributed by atoms with Gasteiger partial charge in [0.2, 0.25) is 0 Å². The van der Waals surface area contributed by atoms with Gasteiger partial charge in [-0.3, -0.25) is 4.79 Å². The molecule has 0 aliphatic heterocycles. The molecule has 0 saturated heterocycles. The Labute approximate surface area is 104 Å². The Balaban J connectivity index is 2.65. The number of ketones is 1. The molecule has 1 rings (SSSR count). The highest BCUT2D eigenvalue weighted by Crippen LogP contribution is 2.26. The van der Waals surface area contributed by atoms with Crippen LogP contribution in [0.5, 0.6) is 0 Å². The number of carboxylic acid groups (broad SMARTS) is 1. The van der Waals surface area contributed by atoms with Gasteiger partial charge >= 0.3 is 6.09 Å². The van der Waals surface area contributed by atoms with E-state index in [1.54, 1.807) is 0 Å². The molecule has 2 N–H and O–H groups in total. The van der Waals surface area contributed by atoms with E-state index in [0.717, 1.165) is 25.7 Å². The number of carbonyl (C=O) groups is 2. The first-order valence-electron chi connectivity index (χ1n) is 5.73. The molecule has 0 aromatic rings. The molecule has 0 bridgehead atoms. The number of amides is 1. The fourth-order valence-electron chi connectivity index (χ4n) is 2.32. The minimum atomic E-state index is -1.11. The maximum atomic E-state index is 11.7. The molecular weight excluding hydrogens is 274 g/mol. The highest BCUT2D eigenvalue weighted by atomic mass is 79.9. The lowest BCUT2D eigenvalue weighted by atomic mass is 9.89. The Morgan fingerprint density at radius 1 is 1.25 bits per heavy atom. The second kappa shape index (κ2) is 6.89. The summed E-state index contributed by atoms with van der Waals surface area (Å²) >= 11 is 3.11. The summed E-state index contributed by atoms with van der Waals surface area (Å²) in [6.07, 6.45) is 5.37. The molecule has 0 unspecified atom stereocenters. The Morgan fingerprint density at radius 3 is 2.25 bits per heavy atom. The van der Waals surface area contributed by atoms with Crippen molar-refractivity contribution in [2.45, 2.75) is 44.6 Å². The standard InChI is InChI=1S/C11H18BrNO3/c12-7-9(14)10(13-11(15)16)8-5-3-1-2-4-6-8/h8,10,13H,1-7H2,(H,15,16)/t10-/m0/s1. The molecule has 0 heterocycles. The number of nitrogens with one attached hydrogen (secondary N) is 1. The molecule has 16 heavy (non-hydrogen) atoms. The second-order valence-corrected chi connectivity index (χ2v) is 4.84. The van der Waals surface area contributed by atoms with Crippen molar-refractivity contribution in [2.24, 2.45) is 5.92 Å². The van der Waals surface area contributed by atoms with E-state index in [2.05, 4.69) is 21.2 Å². The zero-order valence-electron chi connectivity index (χ0n) is 9.25. The molecule has 1 saturated carbocycles. The van der Waals surface area contributed by atoms with Crippen molar-refractivity contribution in [3.8, 4) is 0 Å². The van der Waals surface area contributed by atoms with Crippen LogP contribution in [0.3, 0.4) is 0 Å². The first-order chi connectivity index (χ1) is 7.65. The lowest BCUT2D eigenvalue weighted by Crippen LogP contribution is -2.46. The van der Waals surface area contributed by atoms with Crippen molar-refractivity contribution >= 4 is 27.8 Å². The molecule has 1 aliphatic carbocycles. The van der Waals surface area contributed by atoms with E-state index in [0.29, 0.717) is 0 Å². The molecule has 0 radical (unpaired) electrons. The molecule has 92 valence electrons. The molecule has 4 nitrogen and oxygen atoms in total. The molecule has 0 spiro atoms. The van der Waals surface area contributed by atoms with Crippen LogP contribution in [0, 0.1) is 5.92 Å². The van der Waals surface area contributed by atoms with E-state index in [-0.39, 0.29) is 17.0 Å². The molecule has 0 aromatic heterocycles. The molecule has 1 aliphatic rings. The second-order valence-electron chi connectivity index (χ2n) is 4.28. The Morgan fingerprint density at radius 2 is 1.81 bits per heavy atom. The Kier molecular flexibility index (Phi) is 5.80. The van der Waals surface area contributed by atoms with Crippen LogP contribution in [0.2, 0.25) is 0 Å². The monoisotopic (exact) mass is 291 g/mol. The van der Waals surface area contributed by atoms with Gasteiger partial charge < -0.3 is 10.4 Å². The van der Waals surface area contributed by atoms with E-state index in [4.69, 9.17) is 5.11 Å². The Bertz CT molecular complexity index is 250. The minimum Gasteiger partial charge on any atom is -0.465 e. The summed E-state index contributed by atoms with van der Waals surface area (Å²) < 4.78 is 0. The highest BCUT2D eigenvalue weighted by Gasteiger charge is 2.29. The lowest BCUT2D eigenvalue weighted by Gasteiger charge is -2.24. The number of hydrogen-bond acceptors (Lipinski definition) is 2. The van der Waals surface area contributed by atoms with Gasteiger partial charge in [0.05, 0.1) is 11.4 Å². The van der Waals surface area contributed by atoms with Crippen LogP contribution in [0.4, 0.5) is 4.79 Å². The summed E-state index contributed by atoms with van der Waals surface area (Å²) in [7, 11) is 0. The predicted octanol–water partition coefficient (Wildman–Crippen LogP) is 2.56. The van der Waals surface area contributed by atoms with Gasteiger partial charge in [0.25, 0.3) is 0 Å². The van der Waals surface area contributed by atoms with Crippen LogP contribution < -0.4 is 5.32 Å². The van der Waals surface area contributed by atoms with Crippen molar-refractivity contribution in [1.29, 1.82) is 0 Å². The molecule has 1 amide bonds.